The highest BCUT2D eigenvalue weighted by molar-refractivity contribution is 5.80. The average Bonchev–Trinajstić information content (AvgIpc) is 2.81. The molecule has 2 saturated carbocycles. The third-order valence-electron chi connectivity index (χ3n) is 4.74. The van der Waals surface area contributed by atoms with Crippen LogP contribution in [0.1, 0.15) is 44.1 Å². The minimum atomic E-state index is -0.106. The van der Waals surface area contributed by atoms with Gasteiger partial charge < -0.3 is 11.1 Å². The molecule has 0 spiro atoms. The largest absolute Gasteiger partial charge is 0.346 e. The topological polar surface area (TPSA) is 55.1 Å². The molecule has 0 bridgehead atoms. The van der Waals surface area contributed by atoms with E-state index in [1.54, 1.807) is 0 Å². The van der Waals surface area contributed by atoms with Gasteiger partial charge in [0.2, 0.25) is 5.91 Å². The van der Waals surface area contributed by atoms with E-state index in [4.69, 9.17) is 5.73 Å². The molecule has 0 aromatic heterocycles. The molecule has 1 aromatic carbocycles. The lowest BCUT2D eigenvalue weighted by Crippen LogP contribution is -2.52. The number of rotatable bonds is 3. The van der Waals surface area contributed by atoms with E-state index in [1.165, 1.54) is 12.0 Å². The Morgan fingerprint density at radius 2 is 1.95 bits per heavy atom. The summed E-state index contributed by atoms with van der Waals surface area (Å²) < 4.78 is 0. The zero-order chi connectivity index (χ0) is 13.3. The van der Waals surface area contributed by atoms with E-state index < -0.39 is 0 Å². The lowest BCUT2D eigenvalue weighted by molar-refractivity contribution is -0.128. The van der Waals surface area contributed by atoms with Crippen LogP contribution in [0.5, 0.6) is 0 Å². The molecule has 3 rings (SSSR count). The van der Waals surface area contributed by atoms with Crippen molar-refractivity contribution >= 4 is 5.91 Å². The summed E-state index contributed by atoms with van der Waals surface area (Å²) in [4.78, 5) is 12.4. The lowest BCUT2D eigenvalue weighted by atomic mass is 9.71. The molecule has 0 saturated heterocycles. The molecule has 0 heterocycles. The summed E-state index contributed by atoms with van der Waals surface area (Å²) >= 11 is 0. The van der Waals surface area contributed by atoms with Gasteiger partial charge in [0.25, 0.3) is 0 Å². The minimum absolute atomic E-state index is 0.106. The first-order valence-corrected chi connectivity index (χ1v) is 7.33. The summed E-state index contributed by atoms with van der Waals surface area (Å²) in [5.41, 5.74) is 7.05. The fraction of sp³-hybridized carbons (Fsp3) is 0.562. The van der Waals surface area contributed by atoms with Crippen LogP contribution >= 0.6 is 0 Å². The molecule has 2 unspecified atom stereocenters. The zero-order valence-electron chi connectivity index (χ0n) is 11.3. The van der Waals surface area contributed by atoms with Crippen LogP contribution in [0.2, 0.25) is 0 Å². The van der Waals surface area contributed by atoms with Gasteiger partial charge in [-0.05, 0) is 44.1 Å². The van der Waals surface area contributed by atoms with Crippen molar-refractivity contribution in [2.75, 3.05) is 0 Å². The standard InChI is InChI=1S/C16H22N2O/c17-14-8-7-12(11-14)15(19)18-16(9-4-10-16)13-5-2-1-3-6-13/h1-3,5-6,12,14H,4,7-11,17H2,(H,18,19). The number of hydrogen-bond acceptors (Lipinski definition) is 2. The normalized spacial score (nSPS) is 28.7. The van der Waals surface area contributed by atoms with Crippen molar-refractivity contribution in [3.05, 3.63) is 35.9 Å². The Bertz CT molecular complexity index is 453. The van der Waals surface area contributed by atoms with E-state index in [2.05, 4.69) is 17.4 Å². The molecule has 3 N–H and O–H groups in total. The maximum atomic E-state index is 12.4. The number of nitrogens with two attached hydrogens (primary N) is 1. The predicted molar refractivity (Wildman–Crippen MR) is 75.4 cm³/mol. The lowest BCUT2D eigenvalue weighted by Gasteiger charge is -2.43. The highest BCUT2D eigenvalue weighted by atomic mass is 16.2. The van der Waals surface area contributed by atoms with E-state index in [9.17, 15) is 4.79 Å². The highest BCUT2D eigenvalue weighted by Gasteiger charge is 2.41. The number of hydrogen-bond donors (Lipinski definition) is 2. The quantitative estimate of drug-likeness (QED) is 0.874. The van der Waals surface area contributed by atoms with Gasteiger partial charge in [0.05, 0.1) is 5.54 Å². The number of nitrogens with one attached hydrogen (secondary N) is 1. The molecule has 2 atom stereocenters. The maximum absolute atomic E-state index is 12.4. The molecule has 3 nitrogen and oxygen atoms in total. The third-order valence-corrected chi connectivity index (χ3v) is 4.74. The Labute approximate surface area is 114 Å². The Balaban J connectivity index is 1.72. The monoisotopic (exact) mass is 258 g/mol. The number of carbonyl (C=O) groups is 1. The van der Waals surface area contributed by atoms with E-state index in [-0.39, 0.29) is 23.4 Å². The van der Waals surface area contributed by atoms with Gasteiger partial charge >= 0.3 is 0 Å². The molecule has 2 fully saturated rings. The van der Waals surface area contributed by atoms with Gasteiger partial charge in [-0.25, -0.2) is 0 Å². The van der Waals surface area contributed by atoms with Crippen LogP contribution < -0.4 is 11.1 Å². The molecular weight excluding hydrogens is 236 g/mol. The van der Waals surface area contributed by atoms with Crippen molar-refractivity contribution in [2.45, 2.75) is 50.1 Å². The summed E-state index contributed by atoms with van der Waals surface area (Å²) in [5.74, 6) is 0.327. The van der Waals surface area contributed by atoms with Crippen LogP contribution in [0.4, 0.5) is 0 Å². The molecular formula is C16H22N2O. The van der Waals surface area contributed by atoms with Crippen molar-refractivity contribution in [1.29, 1.82) is 0 Å². The molecule has 0 aliphatic heterocycles. The SMILES string of the molecule is NC1CCC(C(=O)NC2(c3ccccc3)CCC2)C1. The van der Waals surface area contributed by atoms with Gasteiger partial charge in [-0.3, -0.25) is 4.79 Å². The second-order valence-electron chi connectivity index (χ2n) is 6.06. The fourth-order valence-corrected chi connectivity index (χ4v) is 3.37. The minimum Gasteiger partial charge on any atom is -0.346 e. The molecule has 0 radical (unpaired) electrons. The second kappa shape index (κ2) is 4.97. The smallest absolute Gasteiger partial charge is 0.223 e. The molecule has 102 valence electrons. The van der Waals surface area contributed by atoms with Crippen molar-refractivity contribution in [3.63, 3.8) is 0 Å². The molecule has 3 heteroatoms. The first kappa shape index (κ1) is 12.7. The van der Waals surface area contributed by atoms with Gasteiger partial charge in [0.15, 0.2) is 0 Å². The summed E-state index contributed by atoms with van der Waals surface area (Å²) in [6.45, 7) is 0. The summed E-state index contributed by atoms with van der Waals surface area (Å²) in [6.07, 6.45) is 6.08. The van der Waals surface area contributed by atoms with Crippen molar-refractivity contribution < 1.29 is 4.79 Å². The van der Waals surface area contributed by atoms with Crippen molar-refractivity contribution in [3.8, 4) is 0 Å². The number of benzene rings is 1. The van der Waals surface area contributed by atoms with E-state index in [0.29, 0.717) is 0 Å². The third kappa shape index (κ3) is 2.39. The summed E-state index contributed by atoms with van der Waals surface area (Å²) in [5, 5.41) is 3.31. The summed E-state index contributed by atoms with van der Waals surface area (Å²) in [7, 11) is 0. The van der Waals surface area contributed by atoms with Crippen LogP contribution in [0.25, 0.3) is 0 Å². The molecule has 1 amide bonds. The van der Waals surface area contributed by atoms with Gasteiger partial charge in [0, 0.05) is 12.0 Å². The van der Waals surface area contributed by atoms with E-state index in [1.807, 2.05) is 18.2 Å². The van der Waals surface area contributed by atoms with Gasteiger partial charge in [-0.2, -0.15) is 0 Å². The molecule has 2 aliphatic carbocycles. The van der Waals surface area contributed by atoms with Crippen molar-refractivity contribution in [2.24, 2.45) is 11.7 Å². The average molecular weight is 258 g/mol. The first-order valence-electron chi connectivity index (χ1n) is 7.33. The van der Waals surface area contributed by atoms with Gasteiger partial charge in [-0.15, -0.1) is 0 Å². The first-order chi connectivity index (χ1) is 9.20. The Morgan fingerprint density at radius 1 is 1.21 bits per heavy atom. The highest BCUT2D eigenvalue weighted by Crippen LogP contribution is 2.41. The van der Waals surface area contributed by atoms with E-state index in [0.717, 1.165) is 32.1 Å². The summed E-state index contributed by atoms with van der Waals surface area (Å²) in [6, 6.07) is 10.6. The van der Waals surface area contributed by atoms with Crippen LogP contribution in [0.15, 0.2) is 30.3 Å². The van der Waals surface area contributed by atoms with Crippen LogP contribution in [-0.2, 0) is 10.3 Å². The second-order valence-corrected chi connectivity index (χ2v) is 6.06. The zero-order valence-corrected chi connectivity index (χ0v) is 11.3. The van der Waals surface area contributed by atoms with Crippen LogP contribution in [0, 0.1) is 5.92 Å². The van der Waals surface area contributed by atoms with Crippen LogP contribution in [-0.4, -0.2) is 11.9 Å². The van der Waals surface area contributed by atoms with Crippen molar-refractivity contribution in [1.82, 2.24) is 5.32 Å². The van der Waals surface area contributed by atoms with Gasteiger partial charge in [0.1, 0.15) is 0 Å². The number of amides is 1. The van der Waals surface area contributed by atoms with Gasteiger partial charge in [-0.1, -0.05) is 30.3 Å². The Morgan fingerprint density at radius 3 is 2.47 bits per heavy atom. The molecule has 19 heavy (non-hydrogen) atoms. The van der Waals surface area contributed by atoms with Crippen LogP contribution in [0.3, 0.4) is 0 Å². The number of carbonyl (C=O) groups excluding carboxylic acids is 1. The predicted octanol–water partition coefficient (Wildman–Crippen LogP) is 2.31. The Hall–Kier alpha value is -1.35. The molecule has 1 aromatic rings. The molecule has 2 aliphatic rings. The Kier molecular flexibility index (Phi) is 3.31. The maximum Gasteiger partial charge on any atom is 0.223 e. The fourth-order valence-electron chi connectivity index (χ4n) is 3.37. The van der Waals surface area contributed by atoms with E-state index >= 15 is 0 Å².